The minimum absolute atomic E-state index is 0.0263. The number of hydrogen-bond acceptors (Lipinski definition) is 5. The fourth-order valence-electron chi connectivity index (χ4n) is 2.62. The van der Waals surface area contributed by atoms with Gasteiger partial charge in [0, 0.05) is 18.7 Å². The number of para-hydroxylation sites is 2. The van der Waals surface area contributed by atoms with Crippen molar-refractivity contribution < 1.29 is 14.8 Å². The minimum atomic E-state index is -0.442. The third-order valence-corrected chi connectivity index (χ3v) is 4.00. The van der Waals surface area contributed by atoms with Gasteiger partial charge >= 0.3 is 5.69 Å². The summed E-state index contributed by atoms with van der Waals surface area (Å²) in [6, 6.07) is 13.7. The predicted octanol–water partition coefficient (Wildman–Crippen LogP) is 3.76. The molecule has 6 heteroatoms. The van der Waals surface area contributed by atoms with Crippen LogP contribution in [0.2, 0.25) is 0 Å². The van der Waals surface area contributed by atoms with Crippen molar-refractivity contribution in [2.45, 2.75) is 19.9 Å². The fraction of sp³-hybridized carbons (Fsp3) is 0.333. The molecule has 0 aliphatic carbocycles. The fourth-order valence-corrected chi connectivity index (χ4v) is 2.62. The second-order valence-electron chi connectivity index (χ2n) is 5.47. The molecule has 0 unspecified atom stereocenters. The summed E-state index contributed by atoms with van der Waals surface area (Å²) in [6.45, 7) is 5.88. The number of aromatic hydroxyl groups is 1. The van der Waals surface area contributed by atoms with Crippen LogP contribution in [0.1, 0.15) is 25.5 Å². The molecule has 0 heterocycles. The van der Waals surface area contributed by atoms with Gasteiger partial charge in [-0.15, -0.1) is 0 Å². The predicted molar refractivity (Wildman–Crippen MR) is 92.4 cm³/mol. The molecule has 6 nitrogen and oxygen atoms in total. The number of hydrogen-bond donors (Lipinski definition) is 1. The lowest BCUT2D eigenvalue weighted by atomic mass is 10.1. The molecule has 0 spiro atoms. The van der Waals surface area contributed by atoms with E-state index in [2.05, 4.69) is 11.8 Å². The lowest BCUT2D eigenvalue weighted by molar-refractivity contribution is -0.385. The Labute approximate surface area is 141 Å². The molecule has 0 bridgehead atoms. The lowest BCUT2D eigenvalue weighted by Gasteiger charge is -2.28. The third-order valence-electron chi connectivity index (χ3n) is 4.00. The van der Waals surface area contributed by atoms with E-state index < -0.39 is 4.92 Å². The van der Waals surface area contributed by atoms with E-state index in [1.54, 1.807) is 30.3 Å². The molecule has 2 aromatic rings. The molecular formula is C18H22N2O4. The van der Waals surface area contributed by atoms with Crippen molar-refractivity contribution in [3.05, 3.63) is 64.2 Å². The smallest absolute Gasteiger partial charge is 0.310 e. The van der Waals surface area contributed by atoms with Crippen LogP contribution in [0.3, 0.4) is 0 Å². The first kappa shape index (κ1) is 17.7. The van der Waals surface area contributed by atoms with Gasteiger partial charge in [-0.25, -0.2) is 0 Å². The number of nitrogens with zero attached hydrogens (tertiary/aromatic N) is 2. The molecule has 24 heavy (non-hydrogen) atoms. The average molecular weight is 330 g/mol. The number of phenolic OH excluding ortho intramolecular Hbond substituents is 1. The Balaban J connectivity index is 1.98. The molecule has 2 aromatic carbocycles. The second kappa shape index (κ2) is 8.31. The second-order valence-corrected chi connectivity index (χ2v) is 5.47. The van der Waals surface area contributed by atoms with Crippen LogP contribution in [0.4, 0.5) is 5.69 Å². The SMILES string of the molecule is CCN(CCOc1ccccc1[N+](=O)[O-])[C@H](C)c1cccc(O)c1. The van der Waals surface area contributed by atoms with Crippen molar-refractivity contribution >= 4 is 5.69 Å². The molecule has 0 saturated carbocycles. The van der Waals surface area contributed by atoms with Gasteiger partial charge in [0.05, 0.1) is 4.92 Å². The normalized spacial score (nSPS) is 12.1. The highest BCUT2D eigenvalue weighted by molar-refractivity contribution is 5.45. The maximum absolute atomic E-state index is 11.0. The van der Waals surface area contributed by atoms with Gasteiger partial charge in [0.25, 0.3) is 0 Å². The van der Waals surface area contributed by atoms with E-state index in [-0.39, 0.29) is 23.2 Å². The van der Waals surface area contributed by atoms with Gasteiger partial charge < -0.3 is 9.84 Å². The largest absolute Gasteiger partial charge is 0.508 e. The summed E-state index contributed by atoms with van der Waals surface area (Å²) >= 11 is 0. The molecule has 0 amide bonds. The summed E-state index contributed by atoms with van der Waals surface area (Å²) < 4.78 is 5.61. The highest BCUT2D eigenvalue weighted by Crippen LogP contribution is 2.26. The van der Waals surface area contributed by atoms with E-state index in [4.69, 9.17) is 4.74 Å². The minimum Gasteiger partial charge on any atom is -0.508 e. The van der Waals surface area contributed by atoms with Crippen molar-refractivity contribution in [2.24, 2.45) is 0 Å². The highest BCUT2D eigenvalue weighted by atomic mass is 16.6. The molecule has 1 N–H and O–H groups in total. The van der Waals surface area contributed by atoms with Gasteiger partial charge in [0.2, 0.25) is 0 Å². The maximum atomic E-state index is 11.0. The summed E-state index contributed by atoms with van der Waals surface area (Å²) in [5.74, 6) is 0.523. The Morgan fingerprint density at radius 1 is 1.25 bits per heavy atom. The Kier molecular flexibility index (Phi) is 6.14. The van der Waals surface area contributed by atoms with Gasteiger partial charge in [-0.05, 0) is 37.2 Å². The van der Waals surface area contributed by atoms with Crippen LogP contribution in [0.25, 0.3) is 0 Å². The number of ether oxygens (including phenoxy) is 1. The monoisotopic (exact) mass is 330 g/mol. The van der Waals surface area contributed by atoms with Gasteiger partial charge in [-0.1, -0.05) is 31.2 Å². The standard InChI is InChI=1S/C18H22N2O4/c1-3-19(14(2)15-7-6-8-16(21)13-15)11-12-24-18-10-5-4-9-17(18)20(22)23/h4-10,13-14,21H,3,11-12H2,1-2H3/t14-/m1/s1. The lowest BCUT2D eigenvalue weighted by Crippen LogP contribution is -2.31. The van der Waals surface area contributed by atoms with E-state index in [1.807, 2.05) is 19.1 Å². The number of nitro benzene ring substituents is 1. The van der Waals surface area contributed by atoms with E-state index >= 15 is 0 Å². The Hall–Kier alpha value is -2.60. The van der Waals surface area contributed by atoms with E-state index in [0.717, 1.165) is 12.1 Å². The Morgan fingerprint density at radius 3 is 2.67 bits per heavy atom. The first-order chi connectivity index (χ1) is 11.5. The highest BCUT2D eigenvalue weighted by Gasteiger charge is 2.17. The van der Waals surface area contributed by atoms with E-state index in [9.17, 15) is 15.2 Å². The van der Waals surface area contributed by atoms with Crippen molar-refractivity contribution in [1.29, 1.82) is 0 Å². The molecule has 128 valence electrons. The van der Waals surface area contributed by atoms with Gasteiger partial charge in [0.15, 0.2) is 5.75 Å². The average Bonchev–Trinajstić information content (AvgIpc) is 2.58. The van der Waals surface area contributed by atoms with Crippen molar-refractivity contribution in [2.75, 3.05) is 19.7 Å². The van der Waals surface area contributed by atoms with Crippen LogP contribution in [-0.2, 0) is 0 Å². The maximum Gasteiger partial charge on any atom is 0.310 e. The zero-order valence-corrected chi connectivity index (χ0v) is 13.9. The van der Waals surface area contributed by atoms with Crippen LogP contribution in [0.5, 0.6) is 11.5 Å². The van der Waals surface area contributed by atoms with Crippen molar-refractivity contribution in [3.63, 3.8) is 0 Å². The summed E-state index contributed by atoms with van der Waals surface area (Å²) in [5, 5.41) is 20.6. The van der Waals surface area contributed by atoms with Crippen LogP contribution in [0, 0.1) is 10.1 Å². The van der Waals surface area contributed by atoms with Gasteiger partial charge in [-0.2, -0.15) is 0 Å². The Morgan fingerprint density at radius 2 is 2.00 bits per heavy atom. The quantitative estimate of drug-likeness (QED) is 0.589. The van der Waals surface area contributed by atoms with Crippen LogP contribution >= 0.6 is 0 Å². The van der Waals surface area contributed by atoms with Crippen molar-refractivity contribution in [3.8, 4) is 11.5 Å². The zero-order chi connectivity index (χ0) is 17.5. The topological polar surface area (TPSA) is 75.8 Å². The van der Waals surface area contributed by atoms with E-state index in [1.165, 1.54) is 6.07 Å². The summed E-state index contributed by atoms with van der Waals surface area (Å²) in [6.07, 6.45) is 0. The van der Waals surface area contributed by atoms with E-state index in [0.29, 0.717) is 13.2 Å². The van der Waals surface area contributed by atoms with Crippen LogP contribution in [0.15, 0.2) is 48.5 Å². The van der Waals surface area contributed by atoms with Crippen LogP contribution in [-0.4, -0.2) is 34.6 Å². The first-order valence-corrected chi connectivity index (χ1v) is 7.92. The molecule has 0 aromatic heterocycles. The number of phenols is 1. The van der Waals surface area contributed by atoms with Crippen LogP contribution < -0.4 is 4.74 Å². The molecule has 0 radical (unpaired) electrons. The van der Waals surface area contributed by atoms with Gasteiger partial charge in [-0.3, -0.25) is 15.0 Å². The molecule has 0 fully saturated rings. The molecule has 2 rings (SSSR count). The van der Waals surface area contributed by atoms with Gasteiger partial charge in [0.1, 0.15) is 12.4 Å². The summed E-state index contributed by atoms with van der Waals surface area (Å²) in [4.78, 5) is 12.7. The molecule has 0 aliphatic heterocycles. The zero-order valence-electron chi connectivity index (χ0n) is 13.9. The molecule has 0 aliphatic rings. The number of benzene rings is 2. The molecule has 0 saturated heterocycles. The first-order valence-electron chi connectivity index (χ1n) is 7.92. The van der Waals surface area contributed by atoms with Crippen molar-refractivity contribution in [1.82, 2.24) is 4.90 Å². The number of nitro groups is 1. The number of rotatable bonds is 8. The summed E-state index contributed by atoms with van der Waals surface area (Å²) in [7, 11) is 0. The Bertz CT molecular complexity index is 690. The molecule has 1 atom stereocenters. The molecular weight excluding hydrogens is 308 g/mol. The number of likely N-dealkylation sites (N-methyl/N-ethyl adjacent to an activating group) is 1. The summed E-state index contributed by atoms with van der Waals surface area (Å²) in [5.41, 5.74) is 0.990. The third kappa shape index (κ3) is 4.45.